The van der Waals surface area contributed by atoms with Gasteiger partial charge in [0.2, 0.25) is 0 Å². The van der Waals surface area contributed by atoms with Gasteiger partial charge in [-0.2, -0.15) is 0 Å². The molecule has 0 bridgehead atoms. The van der Waals surface area contributed by atoms with E-state index in [0.717, 1.165) is 32.0 Å². The largest absolute Gasteiger partial charge is 0.372 e. The minimum Gasteiger partial charge on any atom is -0.372 e. The highest BCUT2D eigenvalue weighted by Gasteiger charge is 2.28. The Balaban J connectivity index is 1.35. The summed E-state index contributed by atoms with van der Waals surface area (Å²) in [4.78, 5) is 11.2. The molecule has 4 rings (SSSR count). The summed E-state index contributed by atoms with van der Waals surface area (Å²) < 4.78 is 8.21. The first kappa shape index (κ1) is 22.1. The van der Waals surface area contributed by atoms with Crippen LogP contribution in [0.5, 0.6) is 0 Å². The lowest BCUT2D eigenvalue weighted by Crippen LogP contribution is -2.48. The number of aliphatic imine (C=N–C) groups is 1. The molecule has 2 unspecified atom stereocenters. The van der Waals surface area contributed by atoms with Crippen molar-refractivity contribution in [3.63, 3.8) is 0 Å². The molecule has 1 fully saturated rings. The molecular weight excluding hydrogens is 398 g/mol. The molecule has 3 aromatic rings. The summed E-state index contributed by atoms with van der Waals surface area (Å²) in [6.45, 7) is 6.19. The Morgan fingerprint density at radius 3 is 2.62 bits per heavy atom. The average Bonchev–Trinajstić information content (AvgIpc) is 3.37. The molecule has 1 N–H and O–H groups in total. The summed E-state index contributed by atoms with van der Waals surface area (Å²) in [6, 6.07) is 19.2. The van der Waals surface area contributed by atoms with Crippen LogP contribution in [0, 0.1) is 5.92 Å². The minimum absolute atomic E-state index is 0.406. The van der Waals surface area contributed by atoms with E-state index in [9.17, 15) is 0 Å². The highest BCUT2D eigenvalue weighted by Crippen LogP contribution is 2.27. The van der Waals surface area contributed by atoms with Crippen LogP contribution < -0.4 is 5.32 Å². The van der Waals surface area contributed by atoms with Crippen molar-refractivity contribution in [1.82, 2.24) is 19.8 Å². The third kappa shape index (κ3) is 5.56. The normalized spacial score (nSPS) is 19.2. The Morgan fingerprint density at radius 2 is 1.88 bits per heavy atom. The van der Waals surface area contributed by atoms with E-state index >= 15 is 0 Å². The van der Waals surface area contributed by atoms with Gasteiger partial charge in [0.1, 0.15) is 0 Å². The molecule has 0 aliphatic carbocycles. The minimum atomic E-state index is 0.406. The summed E-state index contributed by atoms with van der Waals surface area (Å²) in [7, 11) is 1.86. The third-order valence-corrected chi connectivity index (χ3v) is 6.26. The van der Waals surface area contributed by atoms with Crippen molar-refractivity contribution in [2.24, 2.45) is 10.9 Å². The highest BCUT2D eigenvalue weighted by atomic mass is 16.5. The van der Waals surface area contributed by atoms with Gasteiger partial charge in [-0.15, -0.1) is 0 Å². The first-order valence-corrected chi connectivity index (χ1v) is 11.4. The Kier molecular flexibility index (Phi) is 7.56. The first-order valence-electron chi connectivity index (χ1n) is 11.4. The van der Waals surface area contributed by atoms with Crippen LogP contribution in [0.4, 0.5) is 0 Å². The lowest BCUT2D eigenvalue weighted by atomic mass is 9.93. The molecule has 0 amide bonds. The lowest BCUT2D eigenvalue weighted by molar-refractivity contribution is 0.106. The van der Waals surface area contributed by atoms with Gasteiger partial charge in [-0.1, -0.05) is 61.5 Å². The number of rotatable bonds is 7. The molecule has 0 saturated carbocycles. The van der Waals surface area contributed by atoms with Crippen LogP contribution in [0.3, 0.4) is 0 Å². The van der Waals surface area contributed by atoms with Gasteiger partial charge < -0.3 is 19.5 Å². The van der Waals surface area contributed by atoms with E-state index in [4.69, 9.17) is 4.74 Å². The van der Waals surface area contributed by atoms with Gasteiger partial charge in [0.05, 0.1) is 25.6 Å². The molecule has 0 radical (unpaired) electrons. The van der Waals surface area contributed by atoms with Crippen molar-refractivity contribution in [1.29, 1.82) is 0 Å². The molecule has 1 saturated heterocycles. The van der Waals surface area contributed by atoms with E-state index in [1.807, 2.05) is 37.8 Å². The van der Waals surface area contributed by atoms with Crippen LogP contribution in [-0.4, -0.2) is 40.5 Å². The van der Waals surface area contributed by atoms with Crippen molar-refractivity contribution in [3.05, 3.63) is 90.0 Å². The summed E-state index contributed by atoms with van der Waals surface area (Å²) in [5, 5.41) is 3.58. The topological polar surface area (TPSA) is 54.7 Å². The van der Waals surface area contributed by atoms with Gasteiger partial charge >= 0.3 is 0 Å². The highest BCUT2D eigenvalue weighted by molar-refractivity contribution is 5.80. The zero-order valence-electron chi connectivity index (χ0n) is 19.0. The van der Waals surface area contributed by atoms with E-state index < -0.39 is 0 Å². The maximum absolute atomic E-state index is 5.99. The van der Waals surface area contributed by atoms with Gasteiger partial charge in [0.25, 0.3) is 0 Å². The van der Waals surface area contributed by atoms with Crippen LogP contribution in [-0.2, 0) is 24.5 Å². The fraction of sp³-hybridized carbons (Fsp3) is 0.385. The van der Waals surface area contributed by atoms with Crippen molar-refractivity contribution < 1.29 is 4.74 Å². The molecule has 6 nitrogen and oxygen atoms in total. The molecule has 32 heavy (non-hydrogen) atoms. The number of nitrogens with zero attached hydrogens (tertiary/aromatic N) is 4. The van der Waals surface area contributed by atoms with Crippen LogP contribution in [0.2, 0.25) is 0 Å². The van der Waals surface area contributed by atoms with Crippen LogP contribution >= 0.6 is 0 Å². The number of likely N-dealkylation sites (tertiary alicyclic amines) is 1. The molecule has 1 aliphatic heterocycles. The smallest absolute Gasteiger partial charge is 0.193 e. The van der Waals surface area contributed by atoms with E-state index in [-0.39, 0.29) is 0 Å². The fourth-order valence-electron chi connectivity index (χ4n) is 4.33. The summed E-state index contributed by atoms with van der Waals surface area (Å²) >= 11 is 0. The predicted molar refractivity (Wildman–Crippen MR) is 128 cm³/mol. The van der Waals surface area contributed by atoms with Crippen LogP contribution in [0.25, 0.3) is 0 Å². The van der Waals surface area contributed by atoms with E-state index in [1.54, 1.807) is 0 Å². The zero-order chi connectivity index (χ0) is 22.2. The van der Waals surface area contributed by atoms with Gasteiger partial charge in [-0.25, -0.2) is 4.98 Å². The molecule has 0 spiro atoms. The van der Waals surface area contributed by atoms with E-state index in [2.05, 4.69) is 74.3 Å². The molecular formula is C26H33N5O. The van der Waals surface area contributed by atoms with Gasteiger partial charge in [-0.05, 0) is 29.0 Å². The third-order valence-electron chi connectivity index (χ3n) is 6.26. The maximum atomic E-state index is 5.99. The Bertz CT molecular complexity index is 986. The predicted octanol–water partition coefficient (Wildman–Crippen LogP) is 4.26. The molecule has 168 valence electrons. The van der Waals surface area contributed by atoms with Gasteiger partial charge in [0.15, 0.2) is 5.96 Å². The van der Waals surface area contributed by atoms with Crippen molar-refractivity contribution in [2.45, 2.75) is 39.1 Å². The van der Waals surface area contributed by atoms with E-state index in [1.165, 1.54) is 16.7 Å². The van der Waals surface area contributed by atoms with Crippen LogP contribution in [0.1, 0.15) is 36.1 Å². The quantitative estimate of drug-likeness (QED) is 0.449. The van der Waals surface area contributed by atoms with Crippen molar-refractivity contribution in [2.75, 3.05) is 20.1 Å². The van der Waals surface area contributed by atoms with Gasteiger partial charge in [0, 0.05) is 39.1 Å². The molecule has 6 heteroatoms. The summed E-state index contributed by atoms with van der Waals surface area (Å²) in [5.41, 5.74) is 3.63. The average molecular weight is 432 g/mol. The second-order valence-corrected chi connectivity index (χ2v) is 8.44. The second kappa shape index (κ2) is 11.0. The van der Waals surface area contributed by atoms with Crippen molar-refractivity contribution in [3.8, 4) is 0 Å². The Morgan fingerprint density at radius 1 is 1.09 bits per heavy atom. The first-order chi connectivity index (χ1) is 15.7. The fourth-order valence-corrected chi connectivity index (χ4v) is 4.33. The Hall–Kier alpha value is -3.12. The van der Waals surface area contributed by atoms with Gasteiger partial charge in [-0.3, -0.25) is 4.99 Å². The number of imidazole rings is 1. The van der Waals surface area contributed by atoms with Crippen LogP contribution in [0.15, 0.2) is 78.3 Å². The second-order valence-electron chi connectivity index (χ2n) is 8.44. The molecule has 1 aromatic heterocycles. The Labute approximate surface area is 191 Å². The number of hydrogen-bond donors (Lipinski definition) is 1. The van der Waals surface area contributed by atoms with Crippen molar-refractivity contribution >= 4 is 5.96 Å². The lowest BCUT2D eigenvalue weighted by Gasteiger charge is -2.39. The SMILES string of the molecule is CN=C(NCc1ccccc1COCc1ccccc1)N1CCC(C)C(n2ccnc2)C1. The number of guanidine groups is 1. The number of hydrogen-bond acceptors (Lipinski definition) is 3. The standard InChI is InChI=1S/C26H33N5O/c1-21-12-14-30(17-25(21)31-15-13-28-20-31)26(27-2)29-16-23-10-6-7-11-24(23)19-32-18-22-8-4-3-5-9-22/h3-11,13,15,20-21,25H,12,14,16-19H2,1-2H3,(H,27,29). The van der Waals surface area contributed by atoms with E-state index in [0.29, 0.717) is 25.2 Å². The number of piperidine rings is 1. The molecule has 2 atom stereocenters. The molecule has 2 aromatic carbocycles. The monoisotopic (exact) mass is 431 g/mol. The maximum Gasteiger partial charge on any atom is 0.193 e. The number of benzene rings is 2. The summed E-state index contributed by atoms with van der Waals surface area (Å²) in [6.07, 6.45) is 6.97. The number of aromatic nitrogens is 2. The molecule has 1 aliphatic rings. The molecule has 2 heterocycles. The number of nitrogens with one attached hydrogen (secondary N) is 1. The number of ether oxygens (including phenoxy) is 1. The summed E-state index contributed by atoms with van der Waals surface area (Å²) in [5.74, 6) is 1.56. The zero-order valence-corrected chi connectivity index (χ0v) is 19.0.